The maximum atomic E-state index is 11.1. The Bertz CT molecular complexity index is 789. The number of hydrogen-bond acceptors (Lipinski definition) is 4. The van der Waals surface area contributed by atoms with Crippen molar-refractivity contribution >= 4 is 17.7 Å². The van der Waals surface area contributed by atoms with Crippen LogP contribution in [-0.2, 0) is 0 Å². The van der Waals surface area contributed by atoms with Crippen LogP contribution >= 0.6 is 11.8 Å². The van der Waals surface area contributed by atoms with E-state index in [4.69, 9.17) is 5.73 Å². The fourth-order valence-electron chi connectivity index (χ4n) is 2.01. The average Bonchev–Trinajstić information content (AvgIpc) is 2.57. The molecule has 0 aliphatic carbocycles. The molecule has 0 saturated heterocycles. The molecule has 22 heavy (non-hydrogen) atoms. The van der Waals surface area contributed by atoms with E-state index in [2.05, 4.69) is 9.97 Å². The lowest BCUT2D eigenvalue weighted by atomic mass is 10.1. The zero-order valence-electron chi connectivity index (χ0n) is 11.6. The third-order valence-corrected chi connectivity index (χ3v) is 4.14. The second-order valence-corrected chi connectivity index (χ2v) is 5.66. The number of benzene rings is 2. The average molecular weight is 307 g/mol. The van der Waals surface area contributed by atoms with Crippen LogP contribution in [0.3, 0.4) is 0 Å². The molecule has 0 fully saturated rings. The number of nitrogens with zero attached hydrogens (tertiary/aromatic N) is 2. The van der Waals surface area contributed by atoms with E-state index in [0.29, 0.717) is 5.56 Å². The number of nitrogens with two attached hydrogens (primary N) is 1. The van der Waals surface area contributed by atoms with Crippen LogP contribution in [0.25, 0.3) is 11.1 Å². The van der Waals surface area contributed by atoms with E-state index in [1.54, 1.807) is 12.1 Å². The van der Waals surface area contributed by atoms with Gasteiger partial charge in [-0.1, -0.05) is 42.1 Å². The Labute approximate surface area is 132 Å². The molecule has 5 heteroatoms. The molecule has 0 radical (unpaired) electrons. The highest BCUT2D eigenvalue weighted by Crippen LogP contribution is 2.33. The van der Waals surface area contributed by atoms with Crippen molar-refractivity contribution in [2.45, 2.75) is 9.92 Å². The SMILES string of the molecule is NC(=O)c1ccc(Sc2ncncc2-c2ccccc2)cc1. The molecular weight excluding hydrogens is 294 g/mol. The van der Waals surface area contributed by atoms with E-state index in [9.17, 15) is 4.79 Å². The van der Waals surface area contributed by atoms with Gasteiger partial charge in [0.05, 0.1) is 0 Å². The van der Waals surface area contributed by atoms with Crippen LogP contribution in [0.1, 0.15) is 10.4 Å². The zero-order chi connectivity index (χ0) is 15.4. The number of rotatable bonds is 4. The monoisotopic (exact) mass is 307 g/mol. The van der Waals surface area contributed by atoms with Crippen LogP contribution in [-0.4, -0.2) is 15.9 Å². The summed E-state index contributed by atoms with van der Waals surface area (Å²) in [4.78, 5) is 20.6. The molecule has 0 aliphatic rings. The number of carbonyl (C=O) groups is 1. The molecule has 1 aromatic heterocycles. The van der Waals surface area contributed by atoms with Crippen LogP contribution < -0.4 is 5.73 Å². The molecule has 0 spiro atoms. The van der Waals surface area contributed by atoms with Crippen molar-refractivity contribution in [1.29, 1.82) is 0 Å². The van der Waals surface area contributed by atoms with E-state index >= 15 is 0 Å². The second kappa shape index (κ2) is 6.41. The van der Waals surface area contributed by atoms with Crippen molar-refractivity contribution in [2.75, 3.05) is 0 Å². The maximum absolute atomic E-state index is 11.1. The number of primary amides is 1. The first-order valence-electron chi connectivity index (χ1n) is 6.67. The molecule has 0 atom stereocenters. The van der Waals surface area contributed by atoms with Gasteiger partial charge in [-0.25, -0.2) is 9.97 Å². The lowest BCUT2D eigenvalue weighted by molar-refractivity contribution is 0.1000. The van der Waals surface area contributed by atoms with Crippen molar-refractivity contribution in [3.63, 3.8) is 0 Å². The van der Waals surface area contributed by atoms with Crippen molar-refractivity contribution in [2.24, 2.45) is 5.73 Å². The molecule has 1 heterocycles. The molecule has 0 bridgehead atoms. The number of hydrogen-bond donors (Lipinski definition) is 1. The molecule has 3 aromatic rings. The molecule has 3 rings (SSSR count). The summed E-state index contributed by atoms with van der Waals surface area (Å²) >= 11 is 1.53. The second-order valence-electron chi connectivity index (χ2n) is 4.60. The van der Waals surface area contributed by atoms with E-state index in [-0.39, 0.29) is 0 Å². The first-order valence-corrected chi connectivity index (χ1v) is 7.49. The van der Waals surface area contributed by atoms with Crippen LogP contribution in [0.4, 0.5) is 0 Å². The highest BCUT2D eigenvalue weighted by Gasteiger charge is 2.09. The molecule has 4 nitrogen and oxygen atoms in total. The Morgan fingerprint density at radius 1 is 1.00 bits per heavy atom. The van der Waals surface area contributed by atoms with Gasteiger partial charge in [-0.15, -0.1) is 0 Å². The number of aromatic nitrogens is 2. The minimum Gasteiger partial charge on any atom is -0.366 e. The maximum Gasteiger partial charge on any atom is 0.248 e. The fourth-order valence-corrected chi connectivity index (χ4v) is 2.89. The Kier molecular flexibility index (Phi) is 4.16. The Morgan fingerprint density at radius 3 is 2.41 bits per heavy atom. The van der Waals surface area contributed by atoms with Gasteiger partial charge in [0.1, 0.15) is 11.4 Å². The van der Waals surface area contributed by atoms with Gasteiger partial charge in [-0.05, 0) is 29.8 Å². The minimum absolute atomic E-state index is 0.427. The smallest absolute Gasteiger partial charge is 0.248 e. The number of amides is 1. The van der Waals surface area contributed by atoms with Crippen molar-refractivity contribution in [3.05, 3.63) is 72.7 Å². The summed E-state index contributed by atoms with van der Waals surface area (Å²) in [5.41, 5.74) is 7.79. The molecule has 108 valence electrons. The molecule has 0 saturated carbocycles. The molecule has 1 amide bonds. The molecule has 2 aromatic carbocycles. The van der Waals surface area contributed by atoms with Gasteiger partial charge in [0, 0.05) is 22.2 Å². The highest BCUT2D eigenvalue weighted by atomic mass is 32.2. The fraction of sp³-hybridized carbons (Fsp3) is 0. The van der Waals surface area contributed by atoms with Gasteiger partial charge in [-0.2, -0.15) is 0 Å². The lowest BCUT2D eigenvalue weighted by Gasteiger charge is -2.07. The summed E-state index contributed by atoms with van der Waals surface area (Å²) in [5, 5.41) is 0.869. The third kappa shape index (κ3) is 3.15. The summed E-state index contributed by atoms with van der Waals surface area (Å²) in [6.45, 7) is 0. The van der Waals surface area contributed by atoms with Crippen molar-refractivity contribution in [3.8, 4) is 11.1 Å². The Balaban J connectivity index is 1.91. The van der Waals surface area contributed by atoms with E-state index < -0.39 is 5.91 Å². The van der Waals surface area contributed by atoms with Crippen molar-refractivity contribution < 1.29 is 4.79 Å². The van der Waals surface area contributed by atoms with Gasteiger partial charge in [0.25, 0.3) is 0 Å². The van der Waals surface area contributed by atoms with Crippen LogP contribution in [0.15, 0.2) is 77.0 Å². The Hall–Kier alpha value is -2.66. The molecule has 0 unspecified atom stereocenters. The van der Waals surface area contributed by atoms with Gasteiger partial charge >= 0.3 is 0 Å². The van der Waals surface area contributed by atoms with Crippen LogP contribution in [0, 0.1) is 0 Å². The number of carbonyl (C=O) groups excluding carboxylic acids is 1. The molecule has 0 aliphatic heterocycles. The minimum atomic E-state index is -0.427. The summed E-state index contributed by atoms with van der Waals surface area (Å²) < 4.78 is 0. The molecular formula is C17H13N3OS. The van der Waals surface area contributed by atoms with Gasteiger partial charge in [0.15, 0.2) is 0 Å². The summed E-state index contributed by atoms with van der Waals surface area (Å²) in [5.74, 6) is -0.427. The zero-order valence-corrected chi connectivity index (χ0v) is 12.5. The standard InChI is InChI=1S/C17H13N3OS/c18-16(21)13-6-8-14(9-7-13)22-17-15(10-19-11-20-17)12-4-2-1-3-5-12/h1-11H,(H2,18,21). The largest absolute Gasteiger partial charge is 0.366 e. The lowest BCUT2D eigenvalue weighted by Crippen LogP contribution is -2.10. The quantitative estimate of drug-likeness (QED) is 0.750. The summed E-state index contributed by atoms with van der Waals surface area (Å²) in [6, 6.07) is 17.2. The van der Waals surface area contributed by atoms with Crippen LogP contribution in [0.5, 0.6) is 0 Å². The van der Waals surface area contributed by atoms with Gasteiger partial charge in [0.2, 0.25) is 5.91 Å². The first-order chi connectivity index (χ1) is 10.7. The first kappa shape index (κ1) is 14.3. The van der Waals surface area contributed by atoms with Crippen LogP contribution in [0.2, 0.25) is 0 Å². The summed E-state index contributed by atoms with van der Waals surface area (Å²) in [7, 11) is 0. The topological polar surface area (TPSA) is 68.9 Å². The summed E-state index contributed by atoms with van der Waals surface area (Å²) in [6.07, 6.45) is 3.34. The van der Waals surface area contributed by atoms with E-state index in [0.717, 1.165) is 21.0 Å². The predicted octanol–water partition coefficient (Wildman–Crippen LogP) is 3.39. The normalized spacial score (nSPS) is 10.4. The third-order valence-electron chi connectivity index (χ3n) is 3.11. The van der Waals surface area contributed by atoms with E-state index in [1.807, 2.05) is 48.7 Å². The van der Waals surface area contributed by atoms with Gasteiger partial charge in [-0.3, -0.25) is 4.79 Å². The van der Waals surface area contributed by atoms with Crippen molar-refractivity contribution in [1.82, 2.24) is 9.97 Å². The Morgan fingerprint density at radius 2 is 1.73 bits per heavy atom. The molecule has 2 N–H and O–H groups in total. The highest BCUT2D eigenvalue weighted by molar-refractivity contribution is 7.99. The van der Waals surface area contributed by atoms with Gasteiger partial charge < -0.3 is 5.73 Å². The van der Waals surface area contributed by atoms with E-state index in [1.165, 1.54) is 18.1 Å². The predicted molar refractivity (Wildman–Crippen MR) is 86.6 cm³/mol.